The average molecular weight is 255 g/mol. The molecule has 18 heavy (non-hydrogen) atoms. The highest BCUT2D eigenvalue weighted by atomic mass is 16.7. The molecular formula is C13H21NO4. The maximum Gasteiger partial charge on any atom is 0.188 e. The lowest BCUT2D eigenvalue weighted by Crippen LogP contribution is -2.19. The summed E-state index contributed by atoms with van der Waals surface area (Å²) in [6, 6.07) is 5.79. The van der Waals surface area contributed by atoms with Crippen LogP contribution in [0.25, 0.3) is 0 Å². The first-order valence-corrected chi connectivity index (χ1v) is 5.80. The van der Waals surface area contributed by atoms with Gasteiger partial charge in [-0.2, -0.15) is 0 Å². The first-order valence-electron chi connectivity index (χ1n) is 5.80. The predicted octanol–water partition coefficient (Wildman–Crippen LogP) is 1.41. The largest absolute Gasteiger partial charge is 0.493 e. The number of benzene rings is 1. The van der Waals surface area contributed by atoms with Crippen LogP contribution in [0, 0.1) is 0 Å². The predicted molar refractivity (Wildman–Crippen MR) is 69.1 cm³/mol. The van der Waals surface area contributed by atoms with Gasteiger partial charge in [0, 0.05) is 32.9 Å². The molecule has 0 heterocycles. The minimum absolute atomic E-state index is 0.200. The second-order valence-corrected chi connectivity index (χ2v) is 3.67. The van der Waals surface area contributed by atoms with Crippen molar-refractivity contribution in [2.75, 3.05) is 41.3 Å². The molecule has 0 aromatic heterocycles. The van der Waals surface area contributed by atoms with Gasteiger partial charge in [-0.1, -0.05) is 12.1 Å². The fourth-order valence-electron chi connectivity index (χ4n) is 1.54. The molecule has 5 nitrogen and oxygen atoms in total. The second-order valence-electron chi connectivity index (χ2n) is 3.67. The van der Waals surface area contributed by atoms with Gasteiger partial charge in [-0.05, 0) is 6.07 Å². The standard InChI is InChI=1S/C13H21NO4/c1-15-8-7-14-9-11-5-4-6-12(17-3)13(11)18-10-16-2/h4-6,14H,7-10H2,1-3H3. The van der Waals surface area contributed by atoms with Crippen LogP contribution in [0.15, 0.2) is 18.2 Å². The van der Waals surface area contributed by atoms with Crippen molar-refractivity contribution in [2.45, 2.75) is 6.54 Å². The van der Waals surface area contributed by atoms with Crippen molar-refractivity contribution in [2.24, 2.45) is 0 Å². The molecule has 0 atom stereocenters. The first-order chi connectivity index (χ1) is 8.83. The van der Waals surface area contributed by atoms with Crippen molar-refractivity contribution in [3.8, 4) is 11.5 Å². The molecule has 5 heteroatoms. The normalized spacial score (nSPS) is 10.4. The van der Waals surface area contributed by atoms with Crippen LogP contribution in [0.4, 0.5) is 0 Å². The molecule has 0 amide bonds. The van der Waals surface area contributed by atoms with Crippen molar-refractivity contribution in [1.82, 2.24) is 5.32 Å². The lowest BCUT2D eigenvalue weighted by Gasteiger charge is -2.14. The molecule has 0 saturated heterocycles. The third-order valence-electron chi connectivity index (χ3n) is 2.40. The lowest BCUT2D eigenvalue weighted by molar-refractivity contribution is 0.0483. The van der Waals surface area contributed by atoms with Crippen molar-refractivity contribution in [1.29, 1.82) is 0 Å². The third-order valence-corrected chi connectivity index (χ3v) is 2.40. The smallest absolute Gasteiger partial charge is 0.188 e. The fraction of sp³-hybridized carbons (Fsp3) is 0.538. The number of rotatable bonds is 9. The molecule has 102 valence electrons. The van der Waals surface area contributed by atoms with Crippen LogP contribution in [0.2, 0.25) is 0 Å². The Balaban J connectivity index is 2.68. The number of nitrogens with one attached hydrogen (secondary N) is 1. The molecule has 0 aliphatic heterocycles. The van der Waals surface area contributed by atoms with E-state index >= 15 is 0 Å². The Morgan fingerprint density at radius 3 is 2.61 bits per heavy atom. The highest BCUT2D eigenvalue weighted by Crippen LogP contribution is 2.30. The molecule has 0 saturated carbocycles. The highest BCUT2D eigenvalue weighted by molar-refractivity contribution is 5.46. The van der Waals surface area contributed by atoms with E-state index in [2.05, 4.69) is 5.32 Å². The van der Waals surface area contributed by atoms with E-state index in [0.29, 0.717) is 24.7 Å². The van der Waals surface area contributed by atoms with Crippen LogP contribution >= 0.6 is 0 Å². The van der Waals surface area contributed by atoms with E-state index in [0.717, 1.165) is 12.1 Å². The maximum absolute atomic E-state index is 5.55. The minimum atomic E-state index is 0.200. The van der Waals surface area contributed by atoms with Crippen LogP contribution in [0.3, 0.4) is 0 Å². The molecule has 0 radical (unpaired) electrons. The van der Waals surface area contributed by atoms with E-state index in [1.54, 1.807) is 21.3 Å². The summed E-state index contributed by atoms with van der Waals surface area (Å²) < 4.78 is 20.7. The van der Waals surface area contributed by atoms with Gasteiger partial charge in [0.1, 0.15) is 0 Å². The van der Waals surface area contributed by atoms with Gasteiger partial charge >= 0.3 is 0 Å². The van der Waals surface area contributed by atoms with Gasteiger partial charge in [-0.15, -0.1) is 0 Å². The fourth-order valence-corrected chi connectivity index (χ4v) is 1.54. The van der Waals surface area contributed by atoms with Crippen LogP contribution in [0.1, 0.15) is 5.56 Å². The Morgan fingerprint density at radius 1 is 1.11 bits per heavy atom. The highest BCUT2D eigenvalue weighted by Gasteiger charge is 2.10. The Morgan fingerprint density at radius 2 is 1.94 bits per heavy atom. The monoisotopic (exact) mass is 255 g/mol. The van der Waals surface area contributed by atoms with E-state index < -0.39 is 0 Å². The van der Waals surface area contributed by atoms with Gasteiger partial charge in [-0.25, -0.2) is 0 Å². The van der Waals surface area contributed by atoms with Crippen LogP contribution in [0.5, 0.6) is 11.5 Å². The zero-order chi connectivity index (χ0) is 13.2. The Kier molecular flexibility index (Phi) is 7.17. The van der Waals surface area contributed by atoms with E-state index in [1.165, 1.54) is 0 Å². The van der Waals surface area contributed by atoms with E-state index in [-0.39, 0.29) is 6.79 Å². The van der Waals surface area contributed by atoms with Gasteiger partial charge in [0.05, 0.1) is 13.7 Å². The van der Waals surface area contributed by atoms with Crippen molar-refractivity contribution in [3.63, 3.8) is 0 Å². The second kappa shape index (κ2) is 8.74. The minimum Gasteiger partial charge on any atom is -0.493 e. The summed E-state index contributed by atoms with van der Waals surface area (Å²) in [7, 11) is 4.89. The molecule has 1 rings (SSSR count). The Bertz CT molecular complexity index is 344. The van der Waals surface area contributed by atoms with E-state index in [1.807, 2.05) is 18.2 Å². The van der Waals surface area contributed by atoms with Gasteiger partial charge < -0.3 is 24.3 Å². The van der Waals surface area contributed by atoms with E-state index in [4.69, 9.17) is 18.9 Å². The van der Waals surface area contributed by atoms with Crippen LogP contribution in [-0.2, 0) is 16.0 Å². The summed E-state index contributed by atoms with van der Waals surface area (Å²) >= 11 is 0. The van der Waals surface area contributed by atoms with Crippen LogP contribution < -0.4 is 14.8 Å². The van der Waals surface area contributed by atoms with Gasteiger partial charge in [0.25, 0.3) is 0 Å². The summed E-state index contributed by atoms with van der Waals surface area (Å²) in [6.45, 7) is 2.36. The van der Waals surface area contributed by atoms with Gasteiger partial charge in [0.2, 0.25) is 0 Å². The zero-order valence-electron chi connectivity index (χ0n) is 11.2. The van der Waals surface area contributed by atoms with Gasteiger partial charge in [-0.3, -0.25) is 0 Å². The first kappa shape index (κ1) is 14.8. The number of hydrogen-bond donors (Lipinski definition) is 1. The van der Waals surface area contributed by atoms with Gasteiger partial charge in [0.15, 0.2) is 18.3 Å². The van der Waals surface area contributed by atoms with E-state index in [9.17, 15) is 0 Å². The topological polar surface area (TPSA) is 49.0 Å². The molecule has 1 aromatic carbocycles. The summed E-state index contributed by atoms with van der Waals surface area (Å²) in [5, 5.41) is 3.27. The molecule has 0 fully saturated rings. The van der Waals surface area contributed by atoms with Crippen LogP contribution in [-0.4, -0.2) is 41.3 Å². The van der Waals surface area contributed by atoms with Crippen molar-refractivity contribution < 1.29 is 18.9 Å². The molecule has 0 bridgehead atoms. The molecule has 1 N–H and O–H groups in total. The lowest BCUT2D eigenvalue weighted by atomic mass is 10.2. The zero-order valence-corrected chi connectivity index (χ0v) is 11.2. The molecule has 0 aliphatic rings. The third kappa shape index (κ3) is 4.52. The average Bonchev–Trinajstić information content (AvgIpc) is 2.41. The summed E-state index contributed by atoms with van der Waals surface area (Å²) in [5.74, 6) is 1.42. The molecule has 0 unspecified atom stereocenters. The summed E-state index contributed by atoms with van der Waals surface area (Å²) in [6.07, 6.45) is 0. The molecule has 1 aromatic rings. The number of ether oxygens (including phenoxy) is 4. The maximum atomic E-state index is 5.55. The number of hydrogen-bond acceptors (Lipinski definition) is 5. The van der Waals surface area contributed by atoms with Crippen molar-refractivity contribution in [3.05, 3.63) is 23.8 Å². The number of methoxy groups -OCH3 is 3. The molecule has 0 aliphatic carbocycles. The quantitative estimate of drug-likeness (QED) is 0.534. The molecular weight excluding hydrogens is 234 g/mol. The van der Waals surface area contributed by atoms with Crippen molar-refractivity contribution >= 4 is 0 Å². The summed E-state index contributed by atoms with van der Waals surface area (Å²) in [5.41, 5.74) is 1.03. The Labute approximate surface area is 108 Å². The molecule has 0 spiro atoms. The SMILES string of the molecule is COCCNCc1cccc(OC)c1OCOC. The summed E-state index contributed by atoms with van der Waals surface area (Å²) in [4.78, 5) is 0. The Hall–Kier alpha value is -1.30. The number of para-hydroxylation sites is 1.